The van der Waals surface area contributed by atoms with E-state index in [-0.39, 0.29) is 17.5 Å². The lowest BCUT2D eigenvalue weighted by molar-refractivity contribution is 0.0801. The van der Waals surface area contributed by atoms with Crippen LogP contribution < -0.4 is 14.4 Å². The van der Waals surface area contributed by atoms with E-state index in [1.807, 2.05) is 20.0 Å². The first-order chi connectivity index (χ1) is 14.9. The lowest BCUT2D eigenvalue weighted by Gasteiger charge is -2.12. The molecule has 3 aromatic heterocycles. The summed E-state index contributed by atoms with van der Waals surface area (Å²) in [6.45, 7) is 4.03. The third kappa shape index (κ3) is 3.92. The Morgan fingerprint density at radius 2 is 2.10 bits per heavy atom. The summed E-state index contributed by atoms with van der Waals surface area (Å²) in [5.41, 5.74) is 3.05. The smallest absolute Gasteiger partial charge is 0.272 e. The second-order valence-electron chi connectivity index (χ2n) is 7.00. The molecule has 3 aromatic rings. The number of fused-ring (bicyclic) bond motifs is 1. The van der Waals surface area contributed by atoms with Crippen LogP contribution >= 0.6 is 0 Å². The van der Waals surface area contributed by atoms with Crippen molar-refractivity contribution >= 4 is 11.7 Å². The summed E-state index contributed by atoms with van der Waals surface area (Å²) < 4.78 is 37.1. The fraction of sp³-hybridized carbons (Fsp3) is 0.333. The van der Waals surface area contributed by atoms with E-state index in [1.165, 1.54) is 13.3 Å². The topological polar surface area (TPSA) is 82.4 Å². The van der Waals surface area contributed by atoms with Crippen molar-refractivity contribution in [1.82, 2.24) is 19.7 Å². The molecular formula is C21H21F2N5O3. The SMILES string of the molecule is CCn1ccc(N2Cc3nc(-c4cnc(OC)c(OCC(F)F)c4)cc(C)c3C2=O)n1. The van der Waals surface area contributed by atoms with E-state index in [9.17, 15) is 13.6 Å². The third-order valence-corrected chi connectivity index (χ3v) is 4.96. The van der Waals surface area contributed by atoms with Gasteiger partial charge in [0.2, 0.25) is 0 Å². The van der Waals surface area contributed by atoms with Crippen molar-refractivity contribution in [1.29, 1.82) is 0 Å². The first kappa shape index (κ1) is 20.7. The molecule has 10 heteroatoms. The summed E-state index contributed by atoms with van der Waals surface area (Å²) in [5.74, 6) is 0.625. The summed E-state index contributed by atoms with van der Waals surface area (Å²) in [6, 6.07) is 5.12. The molecule has 4 rings (SSSR count). The number of aromatic nitrogens is 4. The number of anilines is 1. The number of ether oxygens (including phenoxy) is 2. The Bertz CT molecular complexity index is 1130. The van der Waals surface area contributed by atoms with Crippen molar-refractivity contribution in [2.24, 2.45) is 0 Å². The van der Waals surface area contributed by atoms with Crippen LogP contribution in [0.5, 0.6) is 11.6 Å². The molecule has 0 aliphatic carbocycles. The largest absolute Gasteiger partial charge is 0.482 e. The van der Waals surface area contributed by atoms with Gasteiger partial charge in [-0.15, -0.1) is 0 Å². The number of amides is 1. The van der Waals surface area contributed by atoms with Crippen LogP contribution in [0, 0.1) is 6.92 Å². The number of nitrogens with zero attached hydrogens (tertiary/aromatic N) is 5. The number of carbonyl (C=O) groups excluding carboxylic acids is 1. The number of methoxy groups -OCH3 is 1. The van der Waals surface area contributed by atoms with Gasteiger partial charge in [-0.3, -0.25) is 19.4 Å². The maximum absolute atomic E-state index is 13.0. The molecule has 0 aromatic carbocycles. The highest BCUT2D eigenvalue weighted by molar-refractivity contribution is 6.10. The van der Waals surface area contributed by atoms with E-state index < -0.39 is 13.0 Å². The minimum atomic E-state index is -2.62. The van der Waals surface area contributed by atoms with Gasteiger partial charge >= 0.3 is 0 Å². The molecule has 1 aliphatic rings. The van der Waals surface area contributed by atoms with E-state index in [0.717, 1.165) is 5.56 Å². The van der Waals surface area contributed by atoms with Crippen molar-refractivity contribution in [3.8, 4) is 22.9 Å². The Hall–Kier alpha value is -3.56. The van der Waals surface area contributed by atoms with Gasteiger partial charge in [0.1, 0.15) is 6.61 Å². The predicted octanol–water partition coefficient (Wildman–Crippen LogP) is 3.48. The van der Waals surface area contributed by atoms with Gasteiger partial charge in [0.15, 0.2) is 11.6 Å². The second-order valence-corrected chi connectivity index (χ2v) is 7.00. The number of rotatable bonds is 7. The summed E-state index contributed by atoms with van der Waals surface area (Å²) in [4.78, 5) is 23.3. The predicted molar refractivity (Wildman–Crippen MR) is 109 cm³/mol. The maximum atomic E-state index is 13.0. The van der Waals surface area contributed by atoms with Crippen molar-refractivity contribution in [2.45, 2.75) is 33.4 Å². The number of alkyl halides is 2. The number of carbonyl (C=O) groups is 1. The number of pyridine rings is 2. The summed E-state index contributed by atoms with van der Waals surface area (Å²) in [7, 11) is 1.38. The lowest BCUT2D eigenvalue weighted by Crippen LogP contribution is -2.24. The quantitative estimate of drug-likeness (QED) is 0.572. The fourth-order valence-electron chi connectivity index (χ4n) is 3.49. The molecule has 0 unspecified atom stereocenters. The zero-order chi connectivity index (χ0) is 22.1. The van der Waals surface area contributed by atoms with Crippen molar-refractivity contribution in [3.05, 3.63) is 47.4 Å². The van der Waals surface area contributed by atoms with E-state index in [0.29, 0.717) is 41.4 Å². The molecule has 0 saturated carbocycles. The van der Waals surface area contributed by atoms with Crippen LogP contribution in [0.4, 0.5) is 14.6 Å². The van der Waals surface area contributed by atoms with E-state index in [4.69, 9.17) is 9.47 Å². The Morgan fingerprint density at radius 3 is 2.77 bits per heavy atom. The third-order valence-electron chi connectivity index (χ3n) is 4.96. The Kier molecular flexibility index (Phi) is 5.53. The number of halogens is 2. The first-order valence-electron chi connectivity index (χ1n) is 9.72. The van der Waals surface area contributed by atoms with Gasteiger partial charge in [0.25, 0.3) is 18.2 Å². The molecule has 0 N–H and O–H groups in total. The normalized spacial score (nSPS) is 13.1. The highest BCUT2D eigenvalue weighted by Gasteiger charge is 2.33. The van der Waals surface area contributed by atoms with Crippen molar-refractivity contribution in [2.75, 3.05) is 18.6 Å². The molecule has 0 fully saturated rings. The highest BCUT2D eigenvalue weighted by Crippen LogP contribution is 2.34. The van der Waals surface area contributed by atoms with Gasteiger partial charge in [0.05, 0.1) is 30.6 Å². The van der Waals surface area contributed by atoms with Crippen molar-refractivity contribution < 1.29 is 23.0 Å². The maximum Gasteiger partial charge on any atom is 0.272 e. The minimum absolute atomic E-state index is 0.100. The summed E-state index contributed by atoms with van der Waals surface area (Å²) in [6.07, 6.45) is 0.725. The lowest BCUT2D eigenvalue weighted by atomic mass is 10.1. The standard InChI is InChI=1S/C21H21F2N5O3/c1-4-27-6-5-18(26-27)28-10-15-19(21(28)29)12(2)7-14(25-15)13-8-16(31-11-17(22)23)20(30-3)24-9-13/h5-9,17H,4,10-11H2,1-3H3. The highest BCUT2D eigenvalue weighted by atomic mass is 19.3. The van der Waals surface area contributed by atoms with Crippen LogP contribution in [0.15, 0.2) is 30.6 Å². The molecule has 31 heavy (non-hydrogen) atoms. The van der Waals surface area contributed by atoms with Gasteiger partial charge in [-0.1, -0.05) is 0 Å². The molecule has 0 atom stereocenters. The molecule has 0 bridgehead atoms. The Labute approximate surface area is 177 Å². The molecule has 1 amide bonds. The van der Waals surface area contributed by atoms with Gasteiger partial charge in [-0.05, 0) is 31.5 Å². The Morgan fingerprint density at radius 1 is 1.29 bits per heavy atom. The second kappa shape index (κ2) is 8.29. The van der Waals surface area contributed by atoms with Crippen LogP contribution in [-0.2, 0) is 13.1 Å². The van der Waals surface area contributed by atoms with Gasteiger partial charge in [-0.2, -0.15) is 5.10 Å². The molecule has 4 heterocycles. The molecule has 0 spiro atoms. The molecular weight excluding hydrogens is 408 g/mol. The zero-order valence-corrected chi connectivity index (χ0v) is 17.3. The summed E-state index contributed by atoms with van der Waals surface area (Å²) >= 11 is 0. The fourth-order valence-corrected chi connectivity index (χ4v) is 3.49. The van der Waals surface area contributed by atoms with Gasteiger partial charge in [0, 0.05) is 30.6 Å². The molecule has 0 saturated heterocycles. The van der Waals surface area contributed by atoms with Crippen LogP contribution in [0.25, 0.3) is 11.3 Å². The van der Waals surface area contributed by atoms with Crippen LogP contribution in [0.2, 0.25) is 0 Å². The van der Waals surface area contributed by atoms with Crippen LogP contribution in [-0.4, -0.2) is 45.8 Å². The van der Waals surface area contributed by atoms with E-state index in [2.05, 4.69) is 15.1 Å². The Balaban J connectivity index is 1.67. The van der Waals surface area contributed by atoms with E-state index in [1.54, 1.807) is 27.8 Å². The number of hydrogen-bond acceptors (Lipinski definition) is 6. The molecule has 1 aliphatic heterocycles. The summed E-state index contributed by atoms with van der Waals surface area (Å²) in [5, 5.41) is 4.41. The average molecular weight is 429 g/mol. The monoisotopic (exact) mass is 429 g/mol. The number of aryl methyl sites for hydroxylation is 2. The van der Waals surface area contributed by atoms with Crippen LogP contribution in [0.1, 0.15) is 28.5 Å². The number of hydrogen-bond donors (Lipinski definition) is 0. The average Bonchev–Trinajstić information content (AvgIpc) is 3.36. The van der Waals surface area contributed by atoms with Gasteiger partial charge < -0.3 is 9.47 Å². The first-order valence-corrected chi connectivity index (χ1v) is 9.72. The zero-order valence-electron chi connectivity index (χ0n) is 17.3. The molecule has 0 radical (unpaired) electrons. The molecule has 162 valence electrons. The van der Waals surface area contributed by atoms with E-state index >= 15 is 0 Å². The van der Waals surface area contributed by atoms with Gasteiger partial charge in [-0.25, -0.2) is 13.8 Å². The molecule has 8 nitrogen and oxygen atoms in total. The van der Waals surface area contributed by atoms with Crippen molar-refractivity contribution in [3.63, 3.8) is 0 Å². The minimum Gasteiger partial charge on any atom is -0.482 e. The van der Waals surface area contributed by atoms with Crippen LogP contribution in [0.3, 0.4) is 0 Å².